The highest BCUT2D eigenvalue weighted by molar-refractivity contribution is 5.49. The Hall–Kier alpha value is -1.08. The van der Waals surface area contributed by atoms with E-state index in [-0.39, 0.29) is 6.61 Å². The van der Waals surface area contributed by atoms with E-state index in [9.17, 15) is 5.11 Å². The van der Waals surface area contributed by atoms with Crippen molar-refractivity contribution in [3.8, 4) is 0 Å². The van der Waals surface area contributed by atoms with E-state index in [0.29, 0.717) is 5.92 Å². The lowest BCUT2D eigenvalue weighted by Crippen LogP contribution is -1.85. The van der Waals surface area contributed by atoms with Crippen molar-refractivity contribution >= 4 is 6.08 Å². The lowest BCUT2D eigenvalue weighted by Gasteiger charge is -2.04. The van der Waals surface area contributed by atoms with Gasteiger partial charge in [0.05, 0.1) is 0 Å². The Morgan fingerprint density at radius 3 is 2.31 bits per heavy atom. The van der Waals surface area contributed by atoms with E-state index < -0.39 is 0 Å². The van der Waals surface area contributed by atoms with E-state index in [2.05, 4.69) is 26.0 Å². The molecule has 1 aromatic carbocycles. The molecule has 0 fully saturated rings. The molecule has 13 heavy (non-hydrogen) atoms. The maximum absolute atomic E-state index is 10.2. The highest BCUT2D eigenvalue weighted by Gasteiger charge is 1.96. The Morgan fingerprint density at radius 1 is 1.23 bits per heavy atom. The molecule has 0 saturated carbocycles. The van der Waals surface area contributed by atoms with Crippen LogP contribution < -0.4 is 0 Å². The van der Waals surface area contributed by atoms with Crippen molar-refractivity contribution in [1.29, 1.82) is 0 Å². The lowest BCUT2D eigenvalue weighted by atomic mass is 10.0. The van der Waals surface area contributed by atoms with Gasteiger partial charge in [-0.2, -0.15) is 0 Å². The molecule has 1 rings (SSSR count). The zero-order valence-corrected chi connectivity index (χ0v) is 8.16. The third-order valence-electron chi connectivity index (χ3n) is 2.01. The second-order valence-corrected chi connectivity index (χ2v) is 3.39. The van der Waals surface area contributed by atoms with Crippen LogP contribution in [0.25, 0.3) is 6.08 Å². The first-order chi connectivity index (χ1) is 6.24. The molecule has 0 atom stereocenters. The zero-order valence-electron chi connectivity index (χ0n) is 8.16. The van der Waals surface area contributed by atoms with Gasteiger partial charge in [0.2, 0.25) is 0 Å². The molecule has 0 aromatic heterocycles. The van der Waals surface area contributed by atoms with Crippen molar-refractivity contribution in [2.45, 2.75) is 19.8 Å². The van der Waals surface area contributed by atoms with Crippen LogP contribution in [0.2, 0.25) is 0 Å². The van der Waals surface area contributed by atoms with Gasteiger partial charge in [-0.05, 0) is 17.0 Å². The molecule has 0 unspecified atom stereocenters. The molecular weight excluding hydrogens is 160 g/mol. The highest BCUT2D eigenvalue weighted by Crippen LogP contribution is 2.15. The minimum absolute atomic E-state index is 0.147. The molecule has 0 amide bonds. The van der Waals surface area contributed by atoms with Gasteiger partial charge in [0, 0.05) is 0 Å². The molecule has 1 radical (unpaired) electrons. The predicted octanol–water partition coefficient (Wildman–Crippen LogP) is 3.25. The van der Waals surface area contributed by atoms with Crippen LogP contribution in [0.5, 0.6) is 0 Å². The van der Waals surface area contributed by atoms with Gasteiger partial charge in [0.15, 0.2) is 0 Å². The minimum Gasteiger partial charge on any atom is -0.232 e. The molecule has 0 aliphatic rings. The fourth-order valence-corrected chi connectivity index (χ4v) is 1.18. The van der Waals surface area contributed by atoms with E-state index in [1.807, 2.05) is 18.2 Å². The fraction of sp³-hybridized carbons (Fsp3) is 0.333. The van der Waals surface area contributed by atoms with Gasteiger partial charge in [-0.3, -0.25) is 0 Å². The van der Waals surface area contributed by atoms with Crippen LogP contribution in [0, 0.1) is 0 Å². The Labute approximate surface area is 79.7 Å². The highest BCUT2D eigenvalue weighted by atomic mass is 16.2. The summed E-state index contributed by atoms with van der Waals surface area (Å²) in [4.78, 5) is 0. The normalized spacial score (nSPS) is 11.4. The Morgan fingerprint density at radius 2 is 1.85 bits per heavy atom. The molecule has 0 aliphatic heterocycles. The van der Waals surface area contributed by atoms with Crippen molar-refractivity contribution < 1.29 is 5.11 Å². The van der Waals surface area contributed by atoms with E-state index in [4.69, 9.17) is 0 Å². The first-order valence-corrected chi connectivity index (χ1v) is 4.58. The lowest BCUT2D eigenvalue weighted by molar-refractivity contribution is 0.233. The molecular formula is C12H15O. The average Bonchev–Trinajstić information content (AvgIpc) is 2.15. The minimum atomic E-state index is -0.147. The van der Waals surface area contributed by atoms with Crippen LogP contribution in [-0.4, -0.2) is 6.61 Å². The Balaban J connectivity index is 2.75. The van der Waals surface area contributed by atoms with E-state index in [1.165, 1.54) is 5.56 Å². The largest absolute Gasteiger partial charge is 0.232 e. The third kappa shape index (κ3) is 3.03. The Kier molecular flexibility index (Phi) is 3.71. The molecule has 0 aliphatic carbocycles. The molecule has 0 bridgehead atoms. The van der Waals surface area contributed by atoms with Crippen LogP contribution in [0.1, 0.15) is 30.9 Å². The van der Waals surface area contributed by atoms with Crippen molar-refractivity contribution in [2.75, 3.05) is 6.61 Å². The molecule has 0 saturated heterocycles. The summed E-state index contributed by atoms with van der Waals surface area (Å²) in [6.07, 6.45) is 3.49. The van der Waals surface area contributed by atoms with Crippen LogP contribution in [0.3, 0.4) is 0 Å². The van der Waals surface area contributed by atoms with Crippen LogP contribution >= 0.6 is 0 Å². The second-order valence-electron chi connectivity index (χ2n) is 3.39. The number of rotatable bonds is 3. The van der Waals surface area contributed by atoms with Crippen LogP contribution in [0.15, 0.2) is 30.3 Å². The van der Waals surface area contributed by atoms with Gasteiger partial charge in [0.1, 0.15) is 6.61 Å². The van der Waals surface area contributed by atoms with Crippen molar-refractivity contribution in [1.82, 2.24) is 0 Å². The maximum atomic E-state index is 10.2. The smallest absolute Gasteiger partial charge is 0.101 e. The predicted molar refractivity (Wildman–Crippen MR) is 55.1 cm³/mol. The third-order valence-corrected chi connectivity index (χ3v) is 2.01. The molecule has 0 N–H and O–H groups in total. The Bertz CT molecular complexity index is 270. The summed E-state index contributed by atoms with van der Waals surface area (Å²) in [5, 5.41) is 10.2. The van der Waals surface area contributed by atoms with Crippen molar-refractivity contribution in [3.05, 3.63) is 41.5 Å². The van der Waals surface area contributed by atoms with Crippen LogP contribution in [0.4, 0.5) is 0 Å². The summed E-state index contributed by atoms with van der Waals surface area (Å²) < 4.78 is 0. The summed E-state index contributed by atoms with van der Waals surface area (Å²) in [6, 6.07) is 8.30. The van der Waals surface area contributed by atoms with Crippen LogP contribution in [-0.2, 0) is 5.11 Å². The van der Waals surface area contributed by atoms with Crippen molar-refractivity contribution in [2.24, 2.45) is 0 Å². The van der Waals surface area contributed by atoms with E-state index in [0.717, 1.165) is 5.56 Å². The van der Waals surface area contributed by atoms with E-state index in [1.54, 1.807) is 6.08 Å². The summed E-state index contributed by atoms with van der Waals surface area (Å²) in [7, 11) is 0. The summed E-state index contributed by atoms with van der Waals surface area (Å²) in [5.41, 5.74) is 2.43. The first-order valence-electron chi connectivity index (χ1n) is 4.58. The first kappa shape index (κ1) is 10.0. The summed E-state index contributed by atoms with van der Waals surface area (Å²) in [6.45, 7) is 4.19. The van der Waals surface area contributed by atoms with Gasteiger partial charge in [-0.15, -0.1) is 0 Å². The molecule has 1 heteroatoms. The van der Waals surface area contributed by atoms with Gasteiger partial charge in [-0.1, -0.05) is 50.3 Å². The van der Waals surface area contributed by atoms with E-state index >= 15 is 0 Å². The maximum Gasteiger partial charge on any atom is 0.101 e. The number of benzene rings is 1. The molecule has 0 heterocycles. The van der Waals surface area contributed by atoms with Gasteiger partial charge < -0.3 is 0 Å². The molecule has 69 valence electrons. The summed E-state index contributed by atoms with van der Waals surface area (Å²) in [5.74, 6) is 0.567. The zero-order chi connectivity index (χ0) is 9.68. The molecule has 0 spiro atoms. The monoisotopic (exact) mass is 175 g/mol. The van der Waals surface area contributed by atoms with Gasteiger partial charge in [-0.25, -0.2) is 5.11 Å². The quantitative estimate of drug-likeness (QED) is 0.672. The molecule has 1 aromatic rings. The SMILES string of the molecule is CC(C)c1ccc(/C=C/C[O])cc1. The van der Waals surface area contributed by atoms with Gasteiger partial charge >= 0.3 is 0 Å². The summed E-state index contributed by atoms with van der Waals surface area (Å²) >= 11 is 0. The topological polar surface area (TPSA) is 19.9 Å². The number of hydrogen-bond donors (Lipinski definition) is 0. The fourth-order valence-electron chi connectivity index (χ4n) is 1.18. The standard InChI is InChI=1S/C12H15O/c1-10(2)12-7-5-11(6-8-12)4-3-9-13/h3-8,10H,9H2,1-2H3/b4-3+. The number of hydrogen-bond acceptors (Lipinski definition) is 0. The second kappa shape index (κ2) is 4.83. The van der Waals surface area contributed by atoms with Gasteiger partial charge in [0.25, 0.3) is 0 Å². The molecule has 1 nitrogen and oxygen atoms in total. The average molecular weight is 175 g/mol. The van der Waals surface area contributed by atoms with Crippen molar-refractivity contribution in [3.63, 3.8) is 0 Å².